The number of nitro groups is 1. The second-order valence-electron chi connectivity index (χ2n) is 3.61. The number of nitrogens with zero attached hydrogens (tertiary/aromatic N) is 5. The molecule has 20 heavy (non-hydrogen) atoms. The Morgan fingerprint density at radius 3 is 2.40 bits per heavy atom. The molecular formula is C11H11N5O4. The van der Waals surface area contributed by atoms with E-state index in [0.29, 0.717) is 5.75 Å². The summed E-state index contributed by atoms with van der Waals surface area (Å²) in [5, 5.41) is 22.2. The van der Waals surface area contributed by atoms with Crippen molar-refractivity contribution in [2.24, 2.45) is 5.10 Å². The Morgan fingerprint density at radius 2 is 1.85 bits per heavy atom. The molecule has 0 bridgehead atoms. The van der Waals surface area contributed by atoms with Gasteiger partial charge in [0.25, 0.3) is 5.69 Å². The van der Waals surface area contributed by atoms with Gasteiger partial charge in [-0.05, 0) is 6.07 Å². The summed E-state index contributed by atoms with van der Waals surface area (Å²) in [5.74, 6) is 0.656. The van der Waals surface area contributed by atoms with Crippen LogP contribution in [0.5, 0.6) is 11.5 Å². The summed E-state index contributed by atoms with van der Waals surface area (Å²) in [7, 11) is 2.86. The number of benzene rings is 1. The van der Waals surface area contributed by atoms with Gasteiger partial charge < -0.3 is 9.47 Å². The van der Waals surface area contributed by atoms with Crippen LogP contribution >= 0.6 is 0 Å². The summed E-state index contributed by atoms with van der Waals surface area (Å²) in [6, 6.07) is 2.76. The molecule has 9 heteroatoms. The maximum absolute atomic E-state index is 11.1. The van der Waals surface area contributed by atoms with E-state index in [1.54, 1.807) is 0 Å². The molecule has 2 rings (SSSR count). The van der Waals surface area contributed by atoms with Gasteiger partial charge in [-0.2, -0.15) is 5.10 Å². The highest BCUT2D eigenvalue weighted by molar-refractivity contribution is 5.86. The molecular weight excluding hydrogens is 266 g/mol. The average Bonchev–Trinajstić information content (AvgIpc) is 2.97. The van der Waals surface area contributed by atoms with E-state index in [1.165, 1.54) is 49.9 Å². The molecule has 0 unspecified atom stereocenters. The smallest absolute Gasteiger partial charge is 0.282 e. The SMILES string of the molecule is COc1cc(/C=N\n2cnnc2)c([N+](=O)[O-])cc1OC. The summed E-state index contributed by atoms with van der Waals surface area (Å²) < 4.78 is 11.5. The number of methoxy groups -OCH3 is 2. The molecule has 0 saturated heterocycles. The van der Waals surface area contributed by atoms with Crippen molar-refractivity contribution in [2.75, 3.05) is 14.2 Å². The van der Waals surface area contributed by atoms with Crippen LogP contribution in [0.25, 0.3) is 0 Å². The van der Waals surface area contributed by atoms with Crippen molar-refractivity contribution in [1.82, 2.24) is 14.9 Å². The summed E-state index contributed by atoms with van der Waals surface area (Å²) >= 11 is 0. The highest BCUT2D eigenvalue weighted by Crippen LogP contribution is 2.33. The van der Waals surface area contributed by atoms with Crippen LogP contribution in [0.15, 0.2) is 29.9 Å². The van der Waals surface area contributed by atoms with Gasteiger partial charge in [-0.25, -0.2) is 4.68 Å². The zero-order valence-corrected chi connectivity index (χ0v) is 10.8. The number of aromatic nitrogens is 3. The molecule has 1 aromatic heterocycles. The Morgan fingerprint density at radius 1 is 1.25 bits per heavy atom. The average molecular weight is 277 g/mol. The molecule has 0 saturated carbocycles. The van der Waals surface area contributed by atoms with Gasteiger partial charge in [-0.1, -0.05) is 0 Å². The predicted molar refractivity (Wildman–Crippen MR) is 69.2 cm³/mol. The molecule has 104 valence electrons. The van der Waals surface area contributed by atoms with Crippen LogP contribution in [-0.2, 0) is 0 Å². The molecule has 1 heterocycles. The van der Waals surface area contributed by atoms with E-state index in [2.05, 4.69) is 15.3 Å². The zero-order valence-electron chi connectivity index (χ0n) is 10.8. The van der Waals surface area contributed by atoms with E-state index in [0.717, 1.165) is 0 Å². The largest absolute Gasteiger partial charge is 0.493 e. The van der Waals surface area contributed by atoms with E-state index in [4.69, 9.17) is 9.47 Å². The molecule has 0 aliphatic rings. The minimum Gasteiger partial charge on any atom is -0.493 e. The number of nitro benzene ring substituents is 1. The van der Waals surface area contributed by atoms with Gasteiger partial charge in [0.1, 0.15) is 12.7 Å². The second kappa shape index (κ2) is 5.78. The summed E-state index contributed by atoms with van der Waals surface area (Å²) in [4.78, 5) is 10.5. The third kappa shape index (κ3) is 2.71. The zero-order chi connectivity index (χ0) is 14.5. The van der Waals surface area contributed by atoms with Gasteiger partial charge in [0.15, 0.2) is 11.5 Å². The van der Waals surface area contributed by atoms with Gasteiger partial charge in [-0.15, -0.1) is 10.2 Å². The second-order valence-corrected chi connectivity index (χ2v) is 3.61. The van der Waals surface area contributed by atoms with E-state index < -0.39 is 4.92 Å². The Bertz CT molecular complexity index is 639. The Labute approximate surface area is 113 Å². The maximum atomic E-state index is 11.1. The summed E-state index contributed by atoms with van der Waals surface area (Å²) in [5.41, 5.74) is 0.140. The van der Waals surface area contributed by atoms with Crippen LogP contribution in [0, 0.1) is 10.1 Å². The predicted octanol–water partition coefficient (Wildman–Crippen LogP) is 1.09. The summed E-state index contributed by atoms with van der Waals surface area (Å²) in [6.07, 6.45) is 4.05. The summed E-state index contributed by atoms with van der Waals surface area (Å²) in [6.45, 7) is 0. The molecule has 0 N–H and O–H groups in total. The lowest BCUT2D eigenvalue weighted by Gasteiger charge is -2.08. The van der Waals surface area contributed by atoms with E-state index >= 15 is 0 Å². The van der Waals surface area contributed by atoms with Crippen LogP contribution in [-0.4, -0.2) is 40.2 Å². The lowest BCUT2D eigenvalue weighted by atomic mass is 10.1. The molecule has 0 atom stereocenters. The number of hydrogen-bond donors (Lipinski definition) is 0. The lowest BCUT2D eigenvalue weighted by Crippen LogP contribution is -1.99. The van der Waals surface area contributed by atoms with Crippen molar-refractivity contribution >= 4 is 11.9 Å². The third-order valence-corrected chi connectivity index (χ3v) is 2.47. The number of hydrogen-bond acceptors (Lipinski definition) is 7. The number of rotatable bonds is 5. The van der Waals surface area contributed by atoms with E-state index in [1.807, 2.05) is 0 Å². The lowest BCUT2D eigenvalue weighted by molar-refractivity contribution is -0.385. The monoisotopic (exact) mass is 277 g/mol. The standard InChI is InChI=1S/C11H11N5O4/c1-19-10-3-8(5-14-15-6-12-13-7-15)9(16(17)18)4-11(10)20-2/h3-7H,1-2H3/b14-5-. The third-order valence-electron chi connectivity index (χ3n) is 2.47. The van der Waals surface area contributed by atoms with Crippen molar-refractivity contribution in [1.29, 1.82) is 0 Å². The molecule has 1 aromatic carbocycles. The quantitative estimate of drug-likeness (QED) is 0.460. The van der Waals surface area contributed by atoms with Crippen LogP contribution in [0.3, 0.4) is 0 Å². The normalized spacial score (nSPS) is 10.7. The Balaban J connectivity index is 2.47. The first-order valence-electron chi connectivity index (χ1n) is 5.45. The Kier molecular flexibility index (Phi) is 3.89. The highest BCUT2D eigenvalue weighted by atomic mass is 16.6. The molecule has 9 nitrogen and oxygen atoms in total. The fourth-order valence-corrected chi connectivity index (χ4v) is 1.53. The van der Waals surface area contributed by atoms with Crippen molar-refractivity contribution in [3.05, 3.63) is 40.5 Å². The van der Waals surface area contributed by atoms with Gasteiger partial charge in [0.05, 0.1) is 37.0 Å². The van der Waals surface area contributed by atoms with Crippen LogP contribution in [0.1, 0.15) is 5.56 Å². The van der Waals surface area contributed by atoms with Crippen molar-refractivity contribution in [2.45, 2.75) is 0 Å². The van der Waals surface area contributed by atoms with Crippen molar-refractivity contribution < 1.29 is 14.4 Å². The van der Waals surface area contributed by atoms with Gasteiger partial charge >= 0.3 is 0 Å². The Hall–Kier alpha value is -2.97. The first-order chi connectivity index (χ1) is 9.65. The molecule has 0 radical (unpaired) electrons. The van der Waals surface area contributed by atoms with Crippen LogP contribution < -0.4 is 9.47 Å². The van der Waals surface area contributed by atoms with E-state index in [-0.39, 0.29) is 17.0 Å². The maximum Gasteiger partial charge on any atom is 0.282 e. The fourth-order valence-electron chi connectivity index (χ4n) is 1.53. The molecule has 0 spiro atoms. The molecule has 0 aliphatic carbocycles. The number of ether oxygens (including phenoxy) is 2. The minimum atomic E-state index is -0.518. The van der Waals surface area contributed by atoms with Gasteiger partial charge in [0, 0.05) is 0 Å². The topological polar surface area (TPSA) is 105 Å². The van der Waals surface area contributed by atoms with Gasteiger partial charge in [-0.3, -0.25) is 10.1 Å². The highest BCUT2D eigenvalue weighted by Gasteiger charge is 2.18. The first kappa shape index (κ1) is 13.5. The molecule has 0 fully saturated rings. The van der Waals surface area contributed by atoms with Crippen LogP contribution in [0.4, 0.5) is 5.69 Å². The molecule has 0 aliphatic heterocycles. The molecule has 2 aromatic rings. The first-order valence-corrected chi connectivity index (χ1v) is 5.45. The van der Waals surface area contributed by atoms with E-state index in [9.17, 15) is 10.1 Å². The molecule has 0 amide bonds. The van der Waals surface area contributed by atoms with Gasteiger partial charge in [0.2, 0.25) is 0 Å². The van der Waals surface area contributed by atoms with Crippen molar-refractivity contribution in [3.8, 4) is 11.5 Å². The minimum absolute atomic E-state index is 0.139. The van der Waals surface area contributed by atoms with Crippen LogP contribution in [0.2, 0.25) is 0 Å². The van der Waals surface area contributed by atoms with Crippen molar-refractivity contribution in [3.63, 3.8) is 0 Å². The fraction of sp³-hybridized carbons (Fsp3) is 0.182.